The van der Waals surface area contributed by atoms with E-state index in [2.05, 4.69) is 13.8 Å². The molecule has 15 heavy (non-hydrogen) atoms. The predicted molar refractivity (Wildman–Crippen MR) is 56.9 cm³/mol. The van der Waals surface area contributed by atoms with Crippen LogP contribution in [0.5, 0.6) is 0 Å². The summed E-state index contributed by atoms with van der Waals surface area (Å²) in [6.45, 7) is 7.81. The smallest absolute Gasteiger partial charge is 0.811 e. The van der Waals surface area contributed by atoms with Crippen LogP contribution in [0.15, 0.2) is 0 Å². The molecule has 0 rings (SSSR count). The van der Waals surface area contributed by atoms with E-state index in [-0.39, 0.29) is 22.7 Å². The fourth-order valence-electron chi connectivity index (χ4n) is 0.805. The minimum Gasteiger partial charge on any atom is -0.811 e. The summed E-state index contributed by atoms with van der Waals surface area (Å²) in [7, 11) is -4.20. The SMILES string of the molecule is CCCCCP(=O)([O-])[O-].[CH2-]CCCC.[Ni+3]. The van der Waals surface area contributed by atoms with Crippen LogP contribution >= 0.6 is 7.60 Å². The first-order valence-electron chi connectivity index (χ1n) is 5.28. The number of rotatable bonds is 6. The summed E-state index contributed by atoms with van der Waals surface area (Å²) in [6.07, 6.45) is 5.76. The minimum atomic E-state index is -4.20. The van der Waals surface area contributed by atoms with Gasteiger partial charge in [-0.15, -0.1) is 0 Å². The van der Waals surface area contributed by atoms with E-state index in [0.717, 1.165) is 19.3 Å². The van der Waals surface area contributed by atoms with Crippen LogP contribution in [0.4, 0.5) is 0 Å². The summed E-state index contributed by atoms with van der Waals surface area (Å²) >= 11 is 0. The summed E-state index contributed by atoms with van der Waals surface area (Å²) in [4.78, 5) is 20.0. The average Bonchev–Trinajstić information content (AvgIpc) is 2.05. The molecule has 0 aromatic heterocycles. The van der Waals surface area contributed by atoms with Crippen LogP contribution in [-0.4, -0.2) is 6.16 Å². The van der Waals surface area contributed by atoms with Gasteiger partial charge in [-0.1, -0.05) is 47.1 Å². The molecule has 1 radical (unpaired) electrons. The Balaban J connectivity index is -0.000000208. The van der Waals surface area contributed by atoms with Crippen molar-refractivity contribution >= 4 is 7.60 Å². The first-order valence-corrected chi connectivity index (χ1v) is 7.01. The second-order valence-electron chi connectivity index (χ2n) is 3.25. The van der Waals surface area contributed by atoms with Gasteiger partial charge in [0.05, 0.1) is 0 Å². The van der Waals surface area contributed by atoms with Crippen molar-refractivity contribution < 1.29 is 30.8 Å². The molecule has 5 heteroatoms. The first-order chi connectivity index (χ1) is 6.47. The molecule has 0 fully saturated rings. The fourth-order valence-corrected chi connectivity index (χ4v) is 1.42. The molecule has 0 N–H and O–H groups in total. The van der Waals surface area contributed by atoms with E-state index in [4.69, 9.17) is 0 Å². The van der Waals surface area contributed by atoms with E-state index in [9.17, 15) is 14.4 Å². The molecule has 0 atom stereocenters. The third-order valence-electron chi connectivity index (χ3n) is 1.64. The Morgan fingerprint density at radius 2 is 1.53 bits per heavy atom. The van der Waals surface area contributed by atoms with Crippen molar-refractivity contribution in [1.29, 1.82) is 0 Å². The molecule has 0 aromatic rings. The standard InChI is InChI=1S/C5H13O3P.C5H11.Ni/c1-2-3-4-5-9(6,7)8;1-3-5-4-2;/h2-5H2,1H3,(H2,6,7,8);1,3-5H2,2H3;/q;-1;+3/p-2. The van der Waals surface area contributed by atoms with Crippen molar-refractivity contribution in [1.82, 2.24) is 0 Å². The maximum absolute atomic E-state index is 9.98. The van der Waals surface area contributed by atoms with Crippen LogP contribution in [0.3, 0.4) is 0 Å². The van der Waals surface area contributed by atoms with Gasteiger partial charge in [0, 0.05) is 0 Å². The summed E-state index contributed by atoms with van der Waals surface area (Å²) in [6, 6.07) is 0. The molecular formula is C10H22NiO3P. The zero-order valence-electron chi connectivity index (χ0n) is 9.65. The molecule has 95 valence electrons. The molecule has 0 unspecified atom stereocenters. The van der Waals surface area contributed by atoms with Crippen molar-refractivity contribution in [3.8, 4) is 0 Å². The van der Waals surface area contributed by atoms with E-state index < -0.39 is 7.60 Å². The quantitative estimate of drug-likeness (QED) is 0.324. The molecule has 3 nitrogen and oxygen atoms in total. The van der Waals surface area contributed by atoms with Crippen LogP contribution in [-0.2, 0) is 21.1 Å². The number of hydrogen-bond donors (Lipinski definition) is 0. The maximum Gasteiger partial charge on any atom is 3.00 e. The van der Waals surface area contributed by atoms with E-state index >= 15 is 0 Å². The van der Waals surface area contributed by atoms with Crippen LogP contribution in [0.1, 0.15) is 52.4 Å². The average molecular weight is 280 g/mol. The number of hydrogen-bond acceptors (Lipinski definition) is 3. The summed E-state index contributed by atoms with van der Waals surface area (Å²) in [5.41, 5.74) is 0. The topological polar surface area (TPSA) is 63.2 Å². The molecule has 0 aliphatic heterocycles. The summed E-state index contributed by atoms with van der Waals surface area (Å²) in [5.74, 6) is 0. The molecule has 0 saturated heterocycles. The Morgan fingerprint density at radius 1 is 1.07 bits per heavy atom. The van der Waals surface area contributed by atoms with Gasteiger partial charge in [-0.2, -0.15) is 6.42 Å². The zero-order valence-corrected chi connectivity index (χ0v) is 11.5. The molecule has 0 heterocycles. The monoisotopic (exact) mass is 279 g/mol. The van der Waals surface area contributed by atoms with Crippen LogP contribution in [0, 0.1) is 6.92 Å². The molecule has 0 aliphatic rings. The second kappa shape index (κ2) is 14.6. The second-order valence-corrected chi connectivity index (χ2v) is 4.92. The largest absolute Gasteiger partial charge is 3.00 e. The van der Waals surface area contributed by atoms with Crippen molar-refractivity contribution in [3.05, 3.63) is 6.92 Å². The summed E-state index contributed by atoms with van der Waals surface area (Å²) in [5, 5.41) is 0. The normalized spacial score (nSPS) is 9.93. The third-order valence-corrected chi connectivity index (χ3v) is 2.50. The zero-order chi connectivity index (χ0) is 11.4. The van der Waals surface area contributed by atoms with Gasteiger partial charge in [0.15, 0.2) is 0 Å². The van der Waals surface area contributed by atoms with Gasteiger partial charge >= 0.3 is 16.5 Å². The van der Waals surface area contributed by atoms with Gasteiger partial charge in [-0.25, -0.2) is 0 Å². The van der Waals surface area contributed by atoms with Crippen molar-refractivity contribution in [3.63, 3.8) is 0 Å². The maximum atomic E-state index is 9.98. The third kappa shape index (κ3) is 31.3. The van der Waals surface area contributed by atoms with Gasteiger partial charge in [-0.3, -0.25) is 0 Å². The molecule has 0 amide bonds. The molecule has 0 aliphatic carbocycles. The van der Waals surface area contributed by atoms with E-state index in [0.29, 0.717) is 6.42 Å². The van der Waals surface area contributed by atoms with Gasteiger partial charge in [-0.05, 0) is 12.6 Å². The Bertz CT molecular complexity index is 146. The van der Waals surface area contributed by atoms with Crippen molar-refractivity contribution in [2.24, 2.45) is 0 Å². The molecule has 0 saturated carbocycles. The van der Waals surface area contributed by atoms with E-state index in [1.165, 1.54) is 12.8 Å². The Morgan fingerprint density at radius 3 is 1.73 bits per heavy atom. The first kappa shape index (κ1) is 21.0. The summed E-state index contributed by atoms with van der Waals surface area (Å²) < 4.78 is 9.98. The van der Waals surface area contributed by atoms with Crippen LogP contribution in [0.25, 0.3) is 0 Å². The van der Waals surface area contributed by atoms with Crippen molar-refractivity contribution in [2.75, 3.05) is 6.16 Å². The van der Waals surface area contributed by atoms with E-state index in [1.807, 2.05) is 6.92 Å². The Labute approximate surface area is 104 Å². The van der Waals surface area contributed by atoms with Crippen LogP contribution < -0.4 is 9.79 Å². The van der Waals surface area contributed by atoms with E-state index in [1.54, 1.807) is 0 Å². The molecule has 0 bridgehead atoms. The van der Waals surface area contributed by atoms with Gasteiger partial charge < -0.3 is 21.3 Å². The van der Waals surface area contributed by atoms with Gasteiger partial charge in [0.25, 0.3) is 0 Å². The fraction of sp³-hybridized carbons (Fsp3) is 0.900. The predicted octanol–water partition coefficient (Wildman–Crippen LogP) is 2.10. The van der Waals surface area contributed by atoms with Crippen molar-refractivity contribution in [2.45, 2.75) is 52.4 Å². The molecule has 0 spiro atoms. The molecule has 0 aromatic carbocycles. The number of unbranched alkanes of at least 4 members (excludes halogenated alkanes) is 4. The Kier molecular flexibility index (Phi) is 20.5. The van der Waals surface area contributed by atoms with Crippen LogP contribution in [0.2, 0.25) is 0 Å². The molecular weight excluding hydrogens is 258 g/mol. The van der Waals surface area contributed by atoms with Gasteiger partial charge in [0.2, 0.25) is 0 Å². The Hall–Kier alpha value is 0.644. The minimum absolute atomic E-state index is 0. The van der Waals surface area contributed by atoms with Gasteiger partial charge in [0.1, 0.15) is 0 Å².